The lowest BCUT2D eigenvalue weighted by molar-refractivity contribution is -0.142. The van der Waals surface area contributed by atoms with Crippen LogP contribution >= 0.6 is 0 Å². The van der Waals surface area contributed by atoms with Crippen molar-refractivity contribution in [1.82, 2.24) is 5.32 Å². The van der Waals surface area contributed by atoms with Crippen molar-refractivity contribution in [1.29, 1.82) is 0 Å². The third-order valence-corrected chi connectivity index (χ3v) is 5.16. The summed E-state index contributed by atoms with van der Waals surface area (Å²) in [6, 6.07) is 11.9. The molecule has 0 saturated carbocycles. The standard InChI is InChI=1S/C24H27NO6/c1-14(2)10-19(23(27)28)25-22(26)13-30-20-9-8-17(11-15(20)3)21-12-16-6-4-5-7-18(16)24(29)31-21/h4-9,11,14,19,21H,10,12-13H2,1-3H3,(H,25,26)(H,27,28)/t19-,21+/m1/s1. The number of hydrogen-bond donors (Lipinski definition) is 2. The van der Waals surface area contributed by atoms with Crippen LogP contribution in [0.4, 0.5) is 0 Å². The summed E-state index contributed by atoms with van der Waals surface area (Å²) in [5, 5.41) is 11.7. The van der Waals surface area contributed by atoms with Crippen molar-refractivity contribution in [2.75, 3.05) is 6.61 Å². The lowest BCUT2D eigenvalue weighted by Crippen LogP contribution is -2.43. The highest BCUT2D eigenvalue weighted by atomic mass is 16.5. The summed E-state index contributed by atoms with van der Waals surface area (Å²) in [6.45, 7) is 5.35. The first-order valence-corrected chi connectivity index (χ1v) is 10.3. The molecule has 2 aromatic carbocycles. The maximum atomic E-state index is 12.3. The van der Waals surface area contributed by atoms with Crippen molar-refractivity contribution in [3.05, 3.63) is 64.7 Å². The van der Waals surface area contributed by atoms with Gasteiger partial charge in [0.05, 0.1) is 5.56 Å². The van der Waals surface area contributed by atoms with Gasteiger partial charge in [0.1, 0.15) is 17.9 Å². The van der Waals surface area contributed by atoms with Gasteiger partial charge in [-0.15, -0.1) is 0 Å². The van der Waals surface area contributed by atoms with Crippen LogP contribution in [-0.2, 0) is 20.7 Å². The van der Waals surface area contributed by atoms with Crippen molar-refractivity contribution in [3.8, 4) is 5.75 Å². The molecule has 0 bridgehead atoms. The largest absolute Gasteiger partial charge is 0.484 e. The van der Waals surface area contributed by atoms with Gasteiger partial charge in [0.15, 0.2) is 6.61 Å². The van der Waals surface area contributed by atoms with Gasteiger partial charge in [-0.3, -0.25) is 4.79 Å². The lowest BCUT2D eigenvalue weighted by Gasteiger charge is -2.25. The highest BCUT2D eigenvalue weighted by Crippen LogP contribution is 2.32. The number of carbonyl (C=O) groups excluding carboxylic acids is 2. The van der Waals surface area contributed by atoms with E-state index in [0.717, 1.165) is 16.7 Å². The summed E-state index contributed by atoms with van der Waals surface area (Å²) in [5.74, 6) is -1.24. The normalized spacial score (nSPS) is 16.3. The van der Waals surface area contributed by atoms with Gasteiger partial charge < -0.3 is 19.9 Å². The molecule has 2 N–H and O–H groups in total. The Morgan fingerprint density at radius 1 is 1.23 bits per heavy atom. The van der Waals surface area contributed by atoms with Crippen molar-refractivity contribution >= 4 is 17.8 Å². The van der Waals surface area contributed by atoms with E-state index in [1.54, 1.807) is 12.1 Å². The Labute approximate surface area is 181 Å². The number of esters is 1. The summed E-state index contributed by atoms with van der Waals surface area (Å²) in [4.78, 5) is 35.7. The van der Waals surface area contributed by atoms with Gasteiger partial charge >= 0.3 is 11.9 Å². The van der Waals surface area contributed by atoms with Crippen LogP contribution in [-0.4, -0.2) is 35.6 Å². The third kappa shape index (κ3) is 5.63. The molecular weight excluding hydrogens is 398 g/mol. The monoisotopic (exact) mass is 425 g/mol. The van der Waals surface area contributed by atoms with Crippen LogP contribution in [0.25, 0.3) is 0 Å². The smallest absolute Gasteiger partial charge is 0.339 e. The van der Waals surface area contributed by atoms with Gasteiger partial charge in [0, 0.05) is 6.42 Å². The molecular formula is C24H27NO6. The average molecular weight is 425 g/mol. The molecule has 1 heterocycles. The Bertz CT molecular complexity index is 984. The number of amides is 1. The van der Waals surface area contributed by atoms with Crippen LogP contribution in [0.1, 0.15) is 53.4 Å². The minimum Gasteiger partial charge on any atom is -0.484 e. The van der Waals surface area contributed by atoms with Crippen LogP contribution in [0.3, 0.4) is 0 Å². The van der Waals surface area contributed by atoms with E-state index in [4.69, 9.17) is 9.47 Å². The zero-order valence-electron chi connectivity index (χ0n) is 17.9. The number of fused-ring (bicyclic) bond motifs is 1. The first-order chi connectivity index (χ1) is 14.7. The molecule has 2 aromatic rings. The fourth-order valence-electron chi connectivity index (χ4n) is 3.62. The summed E-state index contributed by atoms with van der Waals surface area (Å²) in [7, 11) is 0. The minimum atomic E-state index is -1.06. The molecule has 7 nitrogen and oxygen atoms in total. The molecule has 31 heavy (non-hydrogen) atoms. The molecule has 7 heteroatoms. The molecule has 3 rings (SSSR count). The Kier molecular flexibility index (Phi) is 6.95. The van der Waals surface area contributed by atoms with E-state index in [-0.39, 0.29) is 24.6 Å². The van der Waals surface area contributed by atoms with Gasteiger partial charge in [-0.1, -0.05) is 38.1 Å². The molecule has 164 valence electrons. The molecule has 0 unspecified atom stereocenters. The minimum absolute atomic E-state index is 0.137. The molecule has 0 radical (unpaired) electrons. The Hall–Kier alpha value is -3.35. The fraction of sp³-hybridized carbons (Fsp3) is 0.375. The predicted octanol–water partition coefficient (Wildman–Crippen LogP) is 3.44. The third-order valence-electron chi connectivity index (χ3n) is 5.16. The van der Waals surface area contributed by atoms with E-state index in [0.29, 0.717) is 24.2 Å². The van der Waals surface area contributed by atoms with Crippen LogP contribution < -0.4 is 10.1 Å². The van der Waals surface area contributed by atoms with Gasteiger partial charge in [0.25, 0.3) is 5.91 Å². The molecule has 0 aromatic heterocycles. The van der Waals surface area contributed by atoms with Crippen LogP contribution in [0.2, 0.25) is 0 Å². The number of carbonyl (C=O) groups is 3. The summed E-state index contributed by atoms with van der Waals surface area (Å²) >= 11 is 0. The number of carboxylic acids is 1. The second-order valence-corrected chi connectivity index (χ2v) is 8.16. The molecule has 0 saturated heterocycles. The van der Waals surface area contributed by atoms with Crippen LogP contribution in [0.5, 0.6) is 5.75 Å². The number of ether oxygens (including phenoxy) is 2. The molecule has 2 atom stereocenters. The number of aryl methyl sites for hydroxylation is 1. The van der Waals surface area contributed by atoms with Gasteiger partial charge in [-0.25, -0.2) is 9.59 Å². The zero-order valence-corrected chi connectivity index (χ0v) is 17.9. The Balaban J connectivity index is 1.62. The maximum Gasteiger partial charge on any atom is 0.339 e. The number of carboxylic acid groups (broad SMARTS) is 1. The van der Waals surface area contributed by atoms with E-state index in [1.807, 2.05) is 51.1 Å². The Morgan fingerprint density at radius 2 is 1.97 bits per heavy atom. The number of benzene rings is 2. The molecule has 1 aliphatic rings. The van der Waals surface area contributed by atoms with Crippen molar-refractivity contribution in [3.63, 3.8) is 0 Å². The summed E-state index contributed by atoms with van der Waals surface area (Å²) in [6.07, 6.45) is 0.555. The van der Waals surface area contributed by atoms with E-state index in [2.05, 4.69) is 5.32 Å². The lowest BCUT2D eigenvalue weighted by atomic mass is 9.94. The molecule has 0 aliphatic carbocycles. The highest BCUT2D eigenvalue weighted by molar-refractivity contribution is 5.92. The van der Waals surface area contributed by atoms with Crippen molar-refractivity contribution in [2.45, 2.75) is 45.8 Å². The molecule has 1 aliphatic heterocycles. The molecule has 1 amide bonds. The van der Waals surface area contributed by atoms with Crippen molar-refractivity contribution in [2.24, 2.45) is 5.92 Å². The van der Waals surface area contributed by atoms with E-state index in [9.17, 15) is 19.5 Å². The number of aliphatic carboxylic acids is 1. The zero-order chi connectivity index (χ0) is 22.5. The SMILES string of the molecule is Cc1cc([C@@H]2Cc3ccccc3C(=O)O2)ccc1OCC(=O)N[C@H](CC(C)C)C(=O)O. The van der Waals surface area contributed by atoms with E-state index in [1.165, 1.54) is 0 Å². The molecule has 0 spiro atoms. The molecule has 0 fully saturated rings. The summed E-state index contributed by atoms with van der Waals surface area (Å²) in [5.41, 5.74) is 3.18. The number of cyclic esters (lactones) is 1. The average Bonchev–Trinajstić information content (AvgIpc) is 2.72. The van der Waals surface area contributed by atoms with Crippen LogP contribution in [0.15, 0.2) is 42.5 Å². The highest BCUT2D eigenvalue weighted by Gasteiger charge is 2.27. The van der Waals surface area contributed by atoms with Crippen LogP contribution in [0, 0.1) is 12.8 Å². The van der Waals surface area contributed by atoms with Gasteiger partial charge in [-0.2, -0.15) is 0 Å². The fourth-order valence-corrected chi connectivity index (χ4v) is 3.62. The van der Waals surface area contributed by atoms with Gasteiger partial charge in [-0.05, 0) is 54.2 Å². The summed E-state index contributed by atoms with van der Waals surface area (Å²) < 4.78 is 11.2. The second-order valence-electron chi connectivity index (χ2n) is 8.16. The van der Waals surface area contributed by atoms with Gasteiger partial charge in [0.2, 0.25) is 0 Å². The second kappa shape index (κ2) is 9.64. The predicted molar refractivity (Wildman–Crippen MR) is 114 cm³/mol. The number of nitrogens with one attached hydrogen (secondary N) is 1. The quantitative estimate of drug-likeness (QED) is 0.628. The first kappa shape index (κ1) is 22.3. The van der Waals surface area contributed by atoms with Crippen molar-refractivity contribution < 1.29 is 29.0 Å². The Morgan fingerprint density at radius 3 is 2.65 bits per heavy atom. The number of hydrogen-bond acceptors (Lipinski definition) is 5. The van der Waals surface area contributed by atoms with E-state index >= 15 is 0 Å². The first-order valence-electron chi connectivity index (χ1n) is 10.3. The topological polar surface area (TPSA) is 102 Å². The van der Waals surface area contributed by atoms with E-state index < -0.39 is 17.9 Å². The maximum absolute atomic E-state index is 12.3. The number of rotatable bonds is 8.